The zero-order valence-corrected chi connectivity index (χ0v) is 12.3. The predicted octanol–water partition coefficient (Wildman–Crippen LogP) is 4.30. The van der Waals surface area contributed by atoms with Gasteiger partial charge in [0, 0.05) is 23.3 Å². The number of pyridine rings is 1. The molecule has 0 amide bonds. The molecule has 1 atom stereocenters. The Morgan fingerprint density at radius 3 is 2.57 bits per heavy atom. The van der Waals surface area contributed by atoms with Crippen molar-refractivity contribution in [2.24, 2.45) is 0 Å². The van der Waals surface area contributed by atoms with Gasteiger partial charge in [-0.1, -0.05) is 29.8 Å². The number of nitrogens with zero attached hydrogens (tertiary/aromatic N) is 1. The van der Waals surface area contributed by atoms with Crippen LogP contribution in [0.5, 0.6) is 0 Å². The van der Waals surface area contributed by atoms with Crippen LogP contribution in [0.4, 0.5) is 11.4 Å². The van der Waals surface area contributed by atoms with Gasteiger partial charge in [0.2, 0.25) is 0 Å². The third kappa shape index (κ3) is 2.68. The molecule has 0 aliphatic rings. The largest absolute Gasteiger partial charge is 0.398 e. The van der Waals surface area contributed by atoms with Gasteiger partial charge in [-0.25, -0.2) is 0 Å². The van der Waals surface area contributed by atoms with E-state index in [0.29, 0.717) is 0 Å². The second-order valence-electron chi connectivity index (χ2n) is 5.38. The average Bonchev–Trinajstić information content (AvgIpc) is 2.51. The zero-order valence-electron chi connectivity index (χ0n) is 12.3. The Bertz CT molecular complexity index is 763. The molecule has 2 aromatic carbocycles. The fourth-order valence-corrected chi connectivity index (χ4v) is 2.48. The van der Waals surface area contributed by atoms with Gasteiger partial charge in [-0.2, -0.15) is 0 Å². The molecule has 21 heavy (non-hydrogen) atoms. The lowest BCUT2D eigenvalue weighted by Crippen LogP contribution is -2.07. The highest BCUT2D eigenvalue weighted by Crippen LogP contribution is 2.29. The topological polar surface area (TPSA) is 50.9 Å². The van der Waals surface area contributed by atoms with E-state index >= 15 is 0 Å². The summed E-state index contributed by atoms with van der Waals surface area (Å²) in [6.45, 7) is 4.25. The third-order valence-electron chi connectivity index (χ3n) is 3.75. The summed E-state index contributed by atoms with van der Waals surface area (Å²) in [7, 11) is 0. The quantitative estimate of drug-likeness (QED) is 0.702. The van der Waals surface area contributed by atoms with E-state index in [-0.39, 0.29) is 6.04 Å². The zero-order chi connectivity index (χ0) is 14.8. The number of fused-ring (bicyclic) bond motifs is 1. The molecule has 106 valence electrons. The van der Waals surface area contributed by atoms with Crippen LogP contribution in [0.15, 0.2) is 54.7 Å². The molecule has 3 rings (SSSR count). The minimum atomic E-state index is 0.208. The van der Waals surface area contributed by atoms with Gasteiger partial charge >= 0.3 is 0 Å². The van der Waals surface area contributed by atoms with Crippen molar-refractivity contribution >= 4 is 22.3 Å². The van der Waals surface area contributed by atoms with Gasteiger partial charge < -0.3 is 11.1 Å². The van der Waals surface area contributed by atoms with Crippen LogP contribution in [-0.4, -0.2) is 4.98 Å². The van der Waals surface area contributed by atoms with Crippen LogP contribution in [-0.2, 0) is 0 Å². The fraction of sp³-hybridized carbons (Fsp3) is 0.167. The molecule has 0 bridgehead atoms. The number of anilines is 2. The van der Waals surface area contributed by atoms with E-state index in [0.717, 1.165) is 22.3 Å². The van der Waals surface area contributed by atoms with Gasteiger partial charge in [-0.05, 0) is 43.7 Å². The second kappa shape index (κ2) is 5.44. The molecule has 3 nitrogen and oxygen atoms in total. The van der Waals surface area contributed by atoms with Crippen molar-refractivity contribution in [1.82, 2.24) is 4.98 Å². The minimum absolute atomic E-state index is 0.208. The third-order valence-corrected chi connectivity index (χ3v) is 3.75. The monoisotopic (exact) mass is 277 g/mol. The van der Waals surface area contributed by atoms with Crippen molar-refractivity contribution in [1.29, 1.82) is 0 Å². The molecule has 0 aliphatic carbocycles. The van der Waals surface area contributed by atoms with Gasteiger partial charge in [-0.3, -0.25) is 4.98 Å². The van der Waals surface area contributed by atoms with Crippen LogP contribution in [0, 0.1) is 6.92 Å². The average molecular weight is 277 g/mol. The Balaban J connectivity index is 1.95. The summed E-state index contributed by atoms with van der Waals surface area (Å²) < 4.78 is 0. The van der Waals surface area contributed by atoms with Gasteiger partial charge in [-0.15, -0.1) is 0 Å². The number of benzene rings is 2. The van der Waals surface area contributed by atoms with Crippen LogP contribution in [0.1, 0.15) is 24.1 Å². The van der Waals surface area contributed by atoms with Crippen LogP contribution in [0.25, 0.3) is 10.9 Å². The molecule has 3 N–H and O–H groups in total. The Hall–Kier alpha value is -2.55. The molecule has 1 heterocycles. The molecule has 0 spiro atoms. The molecule has 3 heteroatoms. The molecule has 3 aromatic rings. The van der Waals surface area contributed by atoms with Crippen molar-refractivity contribution in [2.75, 3.05) is 11.1 Å². The smallest absolute Gasteiger partial charge is 0.0954 e. The Labute approximate surface area is 124 Å². The molecular formula is C18H19N3. The number of hydrogen-bond donors (Lipinski definition) is 2. The van der Waals surface area contributed by atoms with Crippen molar-refractivity contribution in [3.8, 4) is 0 Å². The molecule has 0 saturated heterocycles. The normalized spacial score (nSPS) is 12.3. The lowest BCUT2D eigenvalue weighted by molar-refractivity contribution is 0.885. The van der Waals surface area contributed by atoms with Gasteiger partial charge in [0.25, 0.3) is 0 Å². The molecule has 0 fully saturated rings. The van der Waals surface area contributed by atoms with E-state index in [9.17, 15) is 0 Å². The first-order valence-corrected chi connectivity index (χ1v) is 7.11. The highest BCUT2D eigenvalue weighted by molar-refractivity contribution is 5.98. The van der Waals surface area contributed by atoms with Crippen molar-refractivity contribution in [2.45, 2.75) is 19.9 Å². The van der Waals surface area contributed by atoms with E-state index in [1.807, 2.05) is 24.3 Å². The predicted molar refractivity (Wildman–Crippen MR) is 89.4 cm³/mol. The summed E-state index contributed by atoms with van der Waals surface area (Å²) in [5.74, 6) is 0. The summed E-state index contributed by atoms with van der Waals surface area (Å²) in [6, 6.07) is 16.6. The van der Waals surface area contributed by atoms with E-state index in [1.165, 1.54) is 11.1 Å². The van der Waals surface area contributed by atoms with Gasteiger partial charge in [0.15, 0.2) is 0 Å². The lowest BCUT2D eigenvalue weighted by Gasteiger charge is -2.17. The molecule has 0 radical (unpaired) electrons. The number of aryl methyl sites for hydroxylation is 1. The summed E-state index contributed by atoms with van der Waals surface area (Å²) in [6.07, 6.45) is 1.80. The number of aromatic nitrogens is 1. The summed E-state index contributed by atoms with van der Waals surface area (Å²) in [5, 5.41) is 4.51. The molecule has 0 saturated carbocycles. The van der Waals surface area contributed by atoms with Crippen molar-refractivity contribution in [3.63, 3.8) is 0 Å². The Kier molecular flexibility index (Phi) is 3.48. The molecule has 1 aromatic heterocycles. The lowest BCUT2D eigenvalue weighted by atomic mass is 10.1. The molecule has 0 aliphatic heterocycles. The number of nitrogens with one attached hydrogen (secondary N) is 1. The van der Waals surface area contributed by atoms with Crippen molar-refractivity contribution in [3.05, 3.63) is 65.9 Å². The first-order valence-electron chi connectivity index (χ1n) is 7.11. The standard InChI is InChI=1S/C18H19N3/c1-12-5-7-14(8-6-12)13(2)21-17-10-9-16(19)15-4-3-11-20-18(15)17/h3-11,13,21H,19H2,1-2H3. The van der Waals surface area contributed by atoms with Crippen LogP contribution in [0.3, 0.4) is 0 Å². The van der Waals surface area contributed by atoms with Crippen molar-refractivity contribution < 1.29 is 0 Å². The van der Waals surface area contributed by atoms with Crippen LogP contribution in [0.2, 0.25) is 0 Å². The molecule has 1 unspecified atom stereocenters. The first kappa shape index (κ1) is 13.4. The second-order valence-corrected chi connectivity index (χ2v) is 5.38. The van der Waals surface area contributed by atoms with Gasteiger partial charge in [0.1, 0.15) is 0 Å². The first-order chi connectivity index (χ1) is 10.1. The maximum Gasteiger partial charge on any atom is 0.0954 e. The number of hydrogen-bond acceptors (Lipinski definition) is 3. The van der Waals surface area contributed by atoms with E-state index in [4.69, 9.17) is 5.73 Å². The molecular weight excluding hydrogens is 258 g/mol. The number of nitrogens with two attached hydrogens (primary N) is 1. The SMILES string of the molecule is Cc1ccc(C(C)Nc2ccc(N)c3cccnc23)cc1. The Morgan fingerprint density at radius 2 is 1.81 bits per heavy atom. The minimum Gasteiger partial charge on any atom is -0.398 e. The van der Waals surface area contributed by atoms with Crippen LogP contribution >= 0.6 is 0 Å². The Morgan fingerprint density at radius 1 is 1.05 bits per heavy atom. The van der Waals surface area contributed by atoms with Gasteiger partial charge in [0.05, 0.1) is 11.2 Å². The maximum absolute atomic E-state index is 6.02. The highest BCUT2D eigenvalue weighted by atomic mass is 14.9. The van der Waals surface area contributed by atoms with E-state index in [1.54, 1.807) is 6.20 Å². The highest BCUT2D eigenvalue weighted by Gasteiger charge is 2.09. The number of nitrogen functional groups attached to an aromatic ring is 1. The van der Waals surface area contributed by atoms with Crippen LogP contribution < -0.4 is 11.1 Å². The van der Waals surface area contributed by atoms with E-state index in [2.05, 4.69) is 48.4 Å². The summed E-state index contributed by atoms with van der Waals surface area (Å²) >= 11 is 0. The fourth-order valence-electron chi connectivity index (χ4n) is 2.48. The van der Waals surface area contributed by atoms with E-state index < -0.39 is 0 Å². The summed E-state index contributed by atoms with van der Waals surface area (Å²) in [4.78, 5) is 4.46. The maximum atomic E-state index is 6.02. The summed E-state index contributed by atoms with van der Waals surface area (Å²) in [5.41, 5.74) is 11.2. The number of rotatable bonds is 3.